The molecule has 48 heavy (non-hydrogen) atoms. The maximum absolute atomic E-state index is 12.4. The van der Waals surface area contributed by atoms with Gasteiger partial charge in [-0.05, 0) is 66.1 Å². The minimum atomic E-state index is -0.551. The number of nitrogens with one attached hydrogen (secondary N) is 2. The smallest absolute Gasteiger partial charge is 0.220 e. The van der Waals surface area contributed by atoms with Gasteiger partial charge in [0.2, 0.25) is 11.8 Å². The molecule has 9 heteroatoms. The molecule has 0 saturated carbocycles. The van der Waals surface area contributed by atoms with Gasteiger partial charge in [-0.2, -0.15) is 0 Å². The molecule has 2 heterocycles. The molecule has 0 bridgehead atoms. The second-order valence-corrected chi connectivity index (χ2v) is 13.2. The van der Waals surface area contributed by atoms with E-state index in [0.29, 0.717) is 19.5 Å². The SMILES string of the molecule is CC(=O)NCCCCCC(=O)NCc1cccc(-c2ccc(C3OC(CN4CCCC4CO)C(C)C(c4ccc(CO)cc4)O3)cc2)c1. The van der Waals surface area contributed by atoms with Crippen molar-refractivity contribution >= 4 is 11.8 Å². The Bertz CT molecular complexity index is 1460. The number of benzene rings is 3. The Hall–Kier alpha value is -3.60. The molecule has 5 unspecified atom stereocenters. The largest absolute Gasteiger partial charge is 0.395 e. The Balaban J connectivity index is 1.22. The highest BCUT2D eigenvalue weighted by Gasteiger charge is 2.40. The van der Waals surface area contributed by atoms with E-state index in [2.05, 4.69) is 58.9 Å². The molecule has 2 fully saturated rings. The molecule has 5 rings (SSSR count). The Morgan fingerprint density at radius 2 is 1.65 bits per heavy atom. The van der Waals surface area contributed by atoms with Crippen LogP contribution in [-0.4, -0.2) is 65.3 Å². The number of carbonyl (C=O) groups excluding carboxylic acids is 2. The second-order valence-electron chi connectivity index (χ2n) is 13.2. The zero-order valence-corrected chi connectivity index (χ0v) is 28.3. The number of carbonyl (C=O) groups is 2. The van der Waals surface area contributed by atoms with E-state index in [0.717, 1.165) is 78.6 Å². The third-order valence-corrected chi connectivity index (χ3v) is 9.64. The summed E-state index contributed by atoms with van der Waals surface area (Å²) in [5.74, 6) is 0.0887. The first-order valence-electron chi connectivity index (χ1n) is 17.4. The summed E-state index contributed by atoms with van der Waals surface area (Å²) in [7, 11) is 0. The summed E-state index contributed by atoms with van der Waals surface area (Å²) in [6, 6.07) is 24.6. The van der Waals surface area contributed by atoms with Gasteiger partial charge in [-0.1, -0.05) is 80.1 Å². The van der Waals surface area contributed by atoms with Gasteiger partial charge in [-0.25, -0.2) is 0 Å². The molecule has 2 aliphatic rings. The van der Waals surface area contributed by atoms with Gasteiger partial charge in [0.05, 0.1) is 25.4 Å². The molecule has 0 aromatic heterocycles. The quantitative estimate of drug-likeness (QED) is 0.162. The lowest BCUT2D eigenvalue weighted by Gasteiger charge is -2.43. The molecule has 0 spiro atoms. The molecular formula is C39H51N3O6. The topological polar surface area (TPSA) is 120 Å². The van der Waals surface area contributed by atoms with E-state index in [9.17, 15) is 19.8 Å². The van der Waals surface area contributed by atoms with E-state index in [1.165, 1.54) is 6.92 Å². The van der Waals surface area contributed by atoms with E-state index < -0.39 is 6.29 Å². The minimum Gasteiger partial charge on any atom is -0.395 e. The number of unbranched alkanes of at least 4 members (excludes halogenated alkanes) is 2. The fraction of sp³-hybridized carbons (Fsp3) is 0.487. The third-order valence-electron chi connectivity index (χ3n) is 9.64. The molecule has 2 aliphatic heterocycles. The highest BCUT2D eigenvalue weighted by molar-refractivity contribution is 5.76. The van der Waals surface area contributed by atoms with Crippen molar-refractivity contribution in [2.24, 2.45) is 5.92 Å². The van der Waals surface area contributed by atoms with E-state index in [4.69, 9.17) is 9.47 Å². The number of aliphatic hydroxyl groups is 2. The van der Waals surface area contributed by atoms with Crippen molar-refractivity contribution in [1.82, 2.24) is 15.5 Å². The van der Waals surface area contributed by atoms with Crippen molar-refractivity contribution in [3.63, 3.8) is 0 Å². The van der Waals surface area contributed by atoms with Crippen LogP contribution >= 0.6 is 0 Å². The van der Waals surface area contributed by atoms with Crippen LogP contribution in [0, 0.1) is 5.92 Å². The summed E-state index contributed by atoms with van der Waals surface area (Å²) < 4.78 is 13.3. The third kappa shape index (κ3) is 9.74. The van der Waals surface area contributed by atoms with Crippen molar-refractivity contribution in [3.8, 4) is 11.1 Å². The predicted octanol–water partition coefficient (Wildman–Crippen LogP) is 5.41. The number of amides is 2. The summed E-state index contributed by atoms with van der Waals surface area (Å²) in [5, 5.41) is 25.3. The molecule has 0 radical (unpaired) electrons. The van der Waals surface area contributed by atoms with Crippen LogP contribution in [0.3, 0.4) is 0 Å². The van der Waals surface area contributed by atoms with Crippen molar-refractivity contribution in [1.29, 1.82) is 0 Å². The molecule has 2 saturated heterocycles. The van der Waals surface area contributed by atoms with Gasteiger partial charge < -0.3 is 30.3 Å². The van der Waals surface area contributed by atoms with Gasteiger partial charge in [-0.15, -0.1) is 0 Å². The zero-order valence-electron chi connectivity index (χ0n) is 28.3. The number of nitrogens with zero attached hydrogens (tertiary/aromatic N) is 1. The highest BCUT2D eigenvalue weighted by Crippen LogP contribution is 2.42. The molecule has 3 aromatic rings. The van der Waals surface area contributed by atoms with Crippen LogP contribution in [0.25, 0.3) is 11.1 Å². The Kier molecular flexibility index (Phi) is 13.2. The van der Waals surface area contributed by atoms with Crippen LogP contribution in [0.5, 0.6) is 0 Å². The number of rotatable bonds is 15. The lowest BCUT2D eigenvalue weighted by Crippen LogP contribution is -2.46. The molecule has 2 amide bonds. The molecule has 4 N–H and O–H groups in total. The Morgan fingerprint density at radius 1 is 0.875 bits per heavy atom. The Labute approximate surface area is 284 Å². The fourth-order valence-electron chi connectivity index (χ4n) is 6.74. The van der Waals surface area contributed by atoms with Crippen LogP contribution in [0.2, 0.25) is 0 Å². The van der Waals surface area contributed by atoms with Crippen molar-refractivity contribution in [2.45, 2.75) is 90.1 Å². The lowest BCUT2D eigenvalue weighted by molar-refractivity contribution is -0.276. The molecule has 5 atom stereocenters. The van der Waals surface area contributed by atoms with Gasteiger partial charge in [0.15, 0.2) is 6.29 Å². The summed E-state index contributed by atoms with van der Waals surface area (Å²) >= 11 is 0. The first-order chi connectivity index (χ1) is 23.3. The van der Waals surface area contributed by atoms with Crippen molar-refractivity contribution < 1.29 is 29.3 Å². The fourth-order valence-corrected chi connectivity index (χ4v) is 6.74. The number of ether oxygens (including phenoxy) is 2. The lowest BCUT2D eigenvalue weighted by atomic mass is 9.89. The van der Waals surface area contributed by atoms with Crippen LogP contribution in [0.15, 0.2) is 72.8 Å². The maximum Gasteiger partial charge on any atom is 0.220 e. The van der Waals surface area contributed by atoms with Gasteiger partial charge >= 0.3 is 0 Å². The first-order valence-corrected chi connectivity index (χ1v) is 17.4. The summed E-state index contributed by atoms with van der Waals surface area (Å²) in [5.41, 5.74) is 6.02. The van der Waals surface area contributed by atoms with Crippen LogP contribution in [0.1, 0.15) is 87.0 Å². The predicted molar refractivity (Wildman–Crippen MR) is 186 cm³/mol. The van der Waals surface area contributed by atoms with E-state index >= 15 is 0 Å². The van der Waals surface area contributed by atoms with Crippen LogP contribution < -0.4 is 10.6 Å². The zero-order chi connectivity index (χ0) is 33.9. The summed E-state index contributed by atoms with van der Waals surface area (Å²) in [4.78, 5) is 25.7. The first kappa shape index (κ1) is 35.7. The minimum absolute atomic E-state index is 0.000152. The number of hydrogen-bond acceptors (Lipinski definition) is 7. The number of likely N-dealkylation sites (tertiary alicyclic amines) is 1. The molecule has 0 aliphatic carbocycles. The average Bonchev–Trinajstić information content (AvgIpc) is 3.57. The molecular weight excluding hydrogens is 606 g/mol. The molecule has 9 nitrogen and oxygen atoms in total. The highest BCUT2D eigenvalue weighted by atomic mass is 16.7. The van der Waals surface area contributed by atoms with Gasteiger partial charge in [-0.3, -0.25) is 14.5 Å². The molecule has 3 aromatic carbocycles. The van der Waals surface area contributed by atoms with E-state index in [-0.39, 0.29) is 49.2 Å². The number of hydrogen-bond donors (Lipinski definition) is 4. The molecule has 258 valence electrons. The average molecular weight is 658 g/mol. The van der Waals surface area contributed by atoms with Crippen LogP contribution in [0.4, 0.5) is 0 Å². The van der Waals surface area contributed by atoms with Gasteiger partial charge in [0.25, 0.3) is 0 Å². The standard InChI is InChI=1S/C39H51N3O6/c1-27-36(24-42-21-7-10-35(42)26-44)47-39(48-38(27)32-14-12-29(25-43)13-15-32)33-18-16-31(17-19-33)34-9-6-8-30(22-34)23-41-37(46)11-4-3-5-20-40-28(2)45/h6,8-9,12-19,22,27,35-36,38-39,43-44H,3-5,7,10-11,20-21,23-26H2,1-2H3,(H,40,45)(H,41,46). The number of aliphatic hydroxyl groups excluding tert-OH is 2. The summed E-state index contributed by atoms with van der Waals surface area (Å²) in [6.07, 6.45) is 4.29. The normalized spacial score (nSPS) is 22.8. The van der Waals surface area contributed by atoms with Crippen LogP contribution in [-0.2, 0) is 32.2 Å². The van der Waals surface area contributed by atoms with E-state index in [1.807, 2.05) is 36.4 Å². The monoisotopic (exact) mass is 657 g/mol. The van der Waals surface area contributed by atoms with Gasteiger partial charge in [0.1, 0.15) is 0 Å². The van der Waals surface area contributed by atoms with Gasteiger partial charge in [0, 0.05) is 50.5 Å². The van der Waals surface area contributed by atoms with E-state index in [1.54, 1.807) is 0 Å². The Morgan fingerprint density at radius 3 is 2.38 bits per heavy atom. The van der Waals surface area contributed by atoms with Crippen molar-refractivity contribution in [2.75, 3.05) is 26.2 Å². The van der Waals surface area contributed by atoms with Crippen molar-refractivity contribution in [3.05, 3.63) is 95.1 Å². The summed E-state index contributed by atoms with van der Waals surface area (Å²) in [6.45, 7) is 6.64. The maximum atomic E-state index is 12.4. The second kappa shape index (κ2) is 17.7.